The van der Waals surface area contributed by atoms with Crippen LogP contribution in [0.5, 0.6) is 0 Å². The first-order valence-corrected chi connectivity index (χ1v) is 10.7. The minimum Gasteiger partial charge on any atom is -0.444 e. The van der Waals surface area contributed by atoms with Crippen molar-refractivity contribution < 1.29 is 24.2 Å². The fourth-order valence-electron chi connectivity index (χ4n) is 3.29. The summed E-state index contributed by atoms with van der Waals surface area (Å²) in [7, 11) is 0. The highest BCUT2D eigenvalue weighted by atomic mass is 35.5. The van der Waals surface area contributed by atoms with Crippen LogP contribution in [-0.4, -0.2) is 53.2 Å². The maximum absolute atomic E-state index is 12.2. The number of amides is 3. The lowest BCUT2D eigenvalue weighted by atomic mass is 10.00. The monoisotopic (exact) mass is 453 g/mol. The van der Waals surface area contributed by atoms with Gasteiger partial charge in [0.05, 0.1) is 27.8 Å². The standard InChI is InChI=1S/C20H24ClN3O5S/c1-20(2,3)29-18(27)22-13-10-24(8-7-14(13)25)16-11(5-4-6-12(16)21)9-15-17(26)23-19(28)30-15/h4-6,9,13-14,25H,7-8,10H2,1-3H3,(H,22,27)(H,23,26,28)/b15-9-/t13-,14-/m0/s1. The van der Waals surface area contributed by atoms with Crippen LogP contribution in [0, 0.1) is 0 Å². The van der Waals surface area contributed by atoms with Crippen LogP contribution in [-0.2, 0) is 9.53 Å². The van der Waals surface area contributed by atoms with Gasteiger partial charge in [0, 0.05) is 18.7 Å². The SMILES string of the molecule is CC(C)(C)OC(=O)N[C@H]1CN(c2c(Cl)cccc2/C=C2\SC(=O)NC2=O)CC[C@@H]1O. The molecule has 2 heterocycles. The van der Waals surface area contributed by atoms with Gasteiger partial charge in [0.15, 0.2) is 0 Å². The number of para-hydroxylation sites is 1. The van der Waals surface area contributed by atoms with E-state index in [1.165, 1.54) is 0 Å². The summed E-state index contributed by atoms with van der Waals surface area (Å²) in [4.78, 5) is 37.8. The fraction of sp³-hybridized carbons (Fsp3) is 0.450. The van der Waals surface area contributed by atoms with Gasteiger partial charge in [-0.25, -0.2) is 4.79 Å². The Morgan fingerprint density at radius 1 is 1.40 bits per heavy atom. The van der Waals surface area contributed by atoms with Crippen LogP contribution >= 0.6 is 23.4 Å². The van der Waals surface area contributed by atoms with E-state index in [0.717, 1.165) is 11.8 Å². The third-order valence-electron chi connectivity index (χ3n) is 4.54. The first-order valence-electron chi connectivity index (χ1n) is 9.49. The minimum atomic E-state index is -0.730. The number of aliphatic hydroxyl groups excluding tert-OH is 1. The molecule has 0 unspecified atom stereocenters. The lowest BCUT2D eigenvalue weighted by molar-refractivity contribution is -0.115. The number of ether oxygens (including phenoxy) is 1. The van der Waals surface area contributed by atoms with E-state index in [-0.39, 0.29) is 4.91 Å². The van der Waals surface area contributed by atoms with Gasteiger partial charge in [-0.15, -0.1) is 0 Å². The number of aliphatic hydroxyl groups is 1. The molecule has 162 valence electrons. The van der Waals surface area contributed by atoms with Gasteiger partial charge in [-0.3, -0.25) is 14.9 Å². The highest BCUT2D eigenvalue weighted by Gasteiger charge is 2.32. The third-order valence-corrected chi connectivity index (χ3v) is 5.66. The summed E-state index contributed by atoms with van der Waals surface area (Å²) < 4.78 is 5.29. The smallest absolute Gasteiger partial charge is 0.408 e. The summed E-state index contributed by atoms with van der Waals surface area (Å²) in [5.74, 6) is -0.450. The number of nitrogens with one attached hydrogen (secondary N) is 2. The lowest BCUT2D eigenvalue weighted by Gasteiger charge is -2.39. The molecule has 2 atom stereocenters. The molecule has 0 bridgehead atoms. The maximum atomic E-state index is 12.2. The van der Waals surface area contributed by atoms with Crippen molar-refractivity contribution in [2.24, 2.45) is 0 Å². The maximum Gasteiger partial charge on any atom is 0.408 e. The van der Waals surface area contributed by atoms with Gasteiger partial charge in [-0.2, -0.15) is 0 Å². The van der Waals surface area contributed by atoms with E-state index < -0.39 is 35.0 Å². The van der Waals surface area contributed by atoms with Gasteiger partial charge in [0.1, 0.15) is 5.60 Å². The van der Waals surface area contributed by atoms with Crippen LogP contribution in [0.4, 0.5) is 15.3 Å². The Labute approximate surface area is 184 Å². The minimum absolute atomic E-state index is 0.281. The summed E-state index contributed by atoms with van der Waals surface area (Å²) in [6, 6.07) is 4.72. The molecule has 0 spiro atoms. The number of benzene rings is 1. The molecule has 0 saturated carbocycles. The number of rotatable bonds is 3. The third kappa shape index (κ3) is 5.47. The highest BCUT2D eigenvalue weighted by molar-refractivity contribution is 8.18. The van der Waals surface area contributed by atoms with Crippen molar-refractivity contribution >= 4 is 52.4 Å². The Balaban J connectivity index is 1.83. The van der Waals surface area contributed by atoms with Crippen molar-refractivity contribution in [2.75, 3.05) is 18.0 Å². The molecular weight excluding hydrogens is 430 g/mol. The lowest BCUT2D eigenvalue weighted by Crippen LogP contribution is -2.56. The van der Waals surface area contributed by atoms with Gasteiger partial charge in [0.2, 0.25) is 0 Å². The van der Waals surface area contributed by atoms with Gasteiger partial charge in [0.25, 0.3) is 11.1 Å². The Morgan fingerprint density at radius 3 is 2.77 bits per heavy atom. The number of hydrogen-bond donors (Lipinski definition) is 3. The van der Waals surface area contributed by atoms with Crippen molar-refractivity contribution in [1.82, 2.24) is 10.6 Å². The molecule has 3 amide bonds. The number of hydrogen-bond acceptors (Lipinski definition) is 7. The number of imide groups is 1. The average molecular weight is 454 g/mol. The zero-order valence-electron chi connectivity index (χ0n) is 16.9. The molecule has 2 fully saturated rings. The number of alkyl carbamates (subject to hydrolysis) is 1. The van der Waals surface area contributed by atoms with E-state index in [2.05, 4.69) is 10.6 Å². The number of thioether (sulfide) groups is 1. The van der Waals surface area contributed by atoms with Crippen LogP contribution in [0.2, 0.25) is 5.02 Å². The largest absolute Gasteiger partial charge is 0.444 e. The molecule has 0 aromatic heterocycles. The van der Waals surface area contributed by atoms with Gasteiger partial charge in [-0.05, 0) is 51.1 Å². The normalized spacial score (nSPS) is 23.5. The van der Waals surface area contributed by atoms with Crippen LogP contribution < -0.4 is 15.5 Å². The molecule has 2 saturated heterocycles. The van der Waals surface area contributed by atoms with Crippen LogP contribution in [0.1, 0.15) is 32.8 Å². The second-order valence-corrected chi connectivity index (χ2v) is 9.51. The van der Waals surface area contributed by atoms with Gasteiger partial charge >= 0.3 is 6.09 Å². The molecule has 3 N–H and O–H groups in total. The second kappa shape index (κ2) is 8.87. The Morgan fingerprint density at radius 2 is 2.13 bits per heavy atom. The van der Waals surface area contributed by atoms with Gasteiger partial charge < -0.3 is 20.1 Å². The Kier molecular flexibility index (Phi) is 6.64. The number of halogens is 1. The quantitative estimate of drug-likeness (QED) is 0.603. The highest BCUT2D eigenvalue weighted by Crippen LogP contribution is 2.35. The summed E-state index contributed by atoms with van der Waals surface area (Å²) >= 11 is 7.30. The zero-order chi connectivity index (χ0) is 22.1. The van der Waals surface area contributed by atoms with Crippen molar-refractivity contribution in [3.8, 4) is 0 Å². The molecule has 3 rings (SSSR count). The fourth-order valence-corrected chi connectivity index (χ4v) is 4.26. The van der Waals surface area contributed by atoms with Crippen molar-refractivity contribution in [3.63, 3.8) is 0 Å². The second-order valence-electron chi connectivity index (χ2n) is 8.08. The van der Waals surface area contributed by atoms with E-state index in [4.69, 9.17) is 16.3 Å². The molecule has 1 aromatic rings. The summed E-state index contributed by atoms with van der Waals surface area (Å²) in [6.45, 7) is 6.11. The number of piperidine rings is 1. The molecule has 1 aromatic carbocycles. The van der Waals surface area contributed by atoms with E-state index in [9.17, 15) is 19.5 Å². The van der Waals surface area contributed by atoms with Crippen molar-refractivity contribution in [1.29, 1.82) is 0 Å². The van der Waals surface area contributed by atoms with Crippen LogP contribution in [0.15, 0.2) is 23.1 Å². The molecule has 0 radical (unpaired) electrons. The number of anilines is 1. The molecule has 2 aliphatic heterocycles. The van der Waals surface area contributed by atoms with Crippen molar-refractivity contribution in [2.45, 2.75) is 44.9 Å². The Bertz CT molecular complexity index is 899. The predicted molar refractivity (Wildman–Crippen MR) is 117 cm³/mol. The summed E-state index contributed by atoms with van der Waals surface area (Å²) in [5.41, 5.74) is 0.687. The first-order chi connectivity index (χ1) is 14.0. The molecule has 8 nitrogen and oxygen atoms in total. The van der Waals surface area contributed by atoms with Gasteiger partial charge in [-0.1, -0.05) is 23.7 Å². The van der Waals surface area contributed by atoms with E-state index in [1.807, 2.05) is 4.90 Å². The number of carbonyl (C=O) groups is 3. The summed E-state index contributed by atoms with van der Waals surface area (Å²) in [6.07, 6.45) is 0.697. The van der Waals surface area contributed by atoms with Crippen LogP contribution in [0.25, 0.3) is 6.08 Å². The Hall–Kier alpha value is -2.23. The molecule has 30 heavy (non-hydrogen) atoms. The molecule has 10 heteroatoms. The molecular formula is C20H24ClN3O5S. The number of nitrogens with zero attached hydrogens (tertiary/aromatic N) is 1. The van der Waals surface area contributed by atoms with E-state index in [0.29, 0.717) is 35.8 Å². The van der Waals surface area contributed by atoms with E-state index >= 15 is 0 Å². The average Bonchev–Trinajstić information content (AvgIpc) is 2.93. The topological polar surface area (TPSA) is 108 Å². The number of carbonyl (C=O) groups excluding carboxylic acids is 3. The van der Waals surface area contributed by atoms with E-state index in [1.54, 1.807) is 45.0 Å². The van der Waals surface area contributed by atoms with Crippen molar-refractivity contribution in [3.05, 3.63) is 33.7 Å². The molecule has 2 aliphatic rings. The molecule has 0 aliphatic carbocycles. The first kappa shape index (κ1) is 22.5. The van der Waals surface area contributed by atoms with Crippen LogP contribution in [0.3, 0.4) is 0 Å². The zero-order valence-corrected chi connectivity index (χ0v) is 18.5. The summed E-state index contributed by atoms with van der Waals surface area (Å²) in [5, 5.41) is 15.4. The predicted octanol–water partition coefficient (Wildman–Crippen LogP) is 3.13.